The SMILES string of the molecule is C#CCNC(C)c1ccc(F)cc1C. The van der Waals surface area contributed by atoms with Gasteiger partial charge in [0.25, 0.3) is 0 Å². The minimum absolute atomic E-state index is 0.159. The molecule has 0 saturated heterocycles. The van der Waals surface area contributed by atoms with Crippen LogP contribution in [0.3, 0.4) is 0 Å². The Bertz CT molecular complexity index is 352. The second-order valence-electron chi connectivity index (χ2n) is 3.31. The van der Waals surface area contributed by atoms with Gasteiger partial charge in [0.1, 0.15) is 5.82 Å². The maximum absolute atomic E-state index is 12.8. The predicted octanol–water partition coefficient (Wildman–Crippen LogP) is 2.42. The van der Waals surface area contributed by atoms with Gasteiger partial charge in [-0.3, -0.25) is 5.32 Å². The lowest BCUT2D eigenvalue weighted by molar-refractivity contribution is 0.605. The van der Waals surface area contributed by atoms with Crippen LogP contribution >= 0.6 is 0 Å². The first kappa shape index (κ1) is 10.7. The van der Waals surface area contributed by atoms with E-state index in [1.807, 2.05) is 13.8 Å². The summed E-state index contributed by atoms with van der Waals surface area (Å²) >= 11 is 0. The van der Waals surface area contributed by atoms with Crippen LogP contribution in [-0.4, -0.2) is 6.54 Å². The number of hydrogen-bond donors (Lipinski definition) is 1. The second-order valence-corrected chi connectivity index (χ2v) is 3.31. The quantitative estimate of drug-likeness (QED) is 0.723. The molecule has 2 heteroatoms. The Morgan fingerprint density at radius 1 is 1.57 bits per heavy atom. The molecule has 0 aliphatic heterocycles. The fraction of sp³-hybridized carbons (Fsp3) is 0.333. The van der Waals surface area contributed by atoms with Crippen molar-refractivity contribution in [2.45, 2.75) is 19.9 Å². The summed E-state index contributed by atoms with van der Waals surface area (Å²) in [6, 6.07) is 4.95. The van der Waals surface area contributed by atoms with Crippen LogP contribution in [0.4, 0.5) is 4.39 Å². The van der Waals surface area contributed by atoms with Crippen LogP contribution in [0.25, 0.3) is 0 Å². The summed E-state index contributed by atoms with van der Waals surface area (Å²) in [5, 5.41) is 3.15. The van der Waals surface area contributed by atoms with E-state index in [-0.39, 0.29) is 11.9 Å². The molecule has 1 aromatic carbocycles. The number of halogens is 1. The van der Waals surface area contributed by atoms with Gasteiger partial charge in [-0.25, -0.2) is 4.39 Å². The molecule has 0 fully saturated rings. The molecule has 1 nitrogen and oxygen atoms in total. The Labute approximate surface area is 84.3 Å². The van der Waals surface area contributed by atoms with Crippen LogP contribution < -0.4 is 5.32 Å². The van der Waals surface area contributed by atoms with E-state index in [1.54, 1.807) is 6.07 Å². The smallest absolute Gasteiger partial charge is 0.123 e. The van der Waals surface area contributed by atoms with Crippen molar-refractivity contribution in [1.29, 1.82) is 0 Å². The van der Waals surface area contributed by atoms with E-state index in [9.17, 15) is 4.39 Å². The molecule has 1 aromatic rings. The first-order valence-electron chi connectivity index (χ1n) is 4.58. The molecule has 1 unspecified atom stereocenters. The van der Waals surface area contributed by atoms with Gasteiger partial charge in [-0.15, -0.1) is 6.42 Å². The van der Waals surface area contributed by atoms with Crippen molar-refractivity contribution >= 4 is 0 Å². The molecule has 1 atom stereocenters. The minimum Gasteiger partial charge on any atom is -0.300 e. The van der Waals surface area contributed by atoms with Gasteiger partial charge in [-0.2, -0.15) is 0 Å². The summed E-state index contributed by atoms with van der Waals surface area (Å²) in [4.78, 5) is 0. The van der Waals surface area contributed by atoms with Crippen LogP contribution in [-0.2, 0) is 0 Å². The molecule has 0 aromatic heterocycles. The highest BCUT2D eigenvalue weighted by Gasteiger charge is 2.07. The van der Waals surface area contributed by atoms with Gasteiger partial charge < -0.3 is 0 Å². The van der Waals surface area contributed by atoms with Crippen molar-refractivity contribution in [2.24, 2.45) is 0 Å². The van der Waals surface area contributed by atoms with E-state index >= 15 is 0 Å². The molecule has 0 radical (unpaired) electrons. The number of nitrogens with one attached hydrogen (secondary N) is 1. The second kappa shape index (κ2) is 4.78. The molecule has 14 heavy (non-hydrogen) atoms. The zero-order valence-corrected chi connectivity index (χ0v) is 8.47. The third-order valence-corrected chi connectivity index (χ3v) is 2.21. The molecule has 0 aliphatic rings. The predicted molar refractivity (Wildman–Crippen MR) is 56.4 cm³/mol. The molecular weight excluding hydrogens is 177 g/mol. The van der Waals surface area contributed by atoms with E-state index in [2.05, 4.69) is 11.2 Å². The van der Waals surface area contributed by atoms with Gasteiger partial charge in [0.15, 0.2) is 0 Å². The largest absolute Gasteiger partial charge is 0.300 e. The van der Waals surface area contributed by atoms with Crippen LogP contribution in [0.15, 0.2) is 18.2 Å². The van der Waals surface area contributed by atoms with Gasteiger partial charge in [-0.1, -0.05) is 12.0 Å². The number of aryl methyl sites for hydroxylation is 1. The Morgan fingerprint density at radius 3 is 2.86 bits per heavy atom. The van der Waals surface area contributed by atoms with Crippen molar-refractivity contribution in [3.05, 3.63) is 35.1 Å². The standard InChI is InChI=1S/C12H14FN/c1-4-7-14-10(3)12-6-5-11(13)8-9(12)2/h1,5-6,8,10,14H,7H2,2-3H3. The highest BCUT2D eigenvalue weighted by molar-refractivity contribution is 5.29. The van der Waals surface area contributed by atoms with E-state index in [0.717, 1.165) is 11.1 Å². The van der Waals surface area contributed by atoms with E-state index in [4.69, 9.17) is 6.42 Å². The first-order valence-corrected chi connectivity index (χ1v) is 4.58. The van der Waals surface area contributed by atoms with Crippen molar-refractivity contribution < 1.29 is 4.39 Å². The third-order valence-electron chi connectivity index (χ3n) is 2.21. The summed E-state index contributed by atoms with van der Waals surface area (Å²) in [6.07, 6.45) is 5.14. The lowest BCUT2D eigenvalue weighted by Gasteiger charge is -2.14. The number of benzene rings is 1. The van der Waals surface area contributed by atoms with E-state index in [0.29, 0.717) is 6.54 Å². The Balaban J connectivity index is 2.80. The van der Waals surface area contributed by atoms with Crippen molar-refractivity contribution in [1.82, 2.24) is 5.32 Å². The first-order chi connectivity index (χ1) is 6.65. The molecular formula is C12H14FN. The van der Waals surface area contributed by atoms with Crippen molar-refractivity contribution in [2.75, 3.05) is 6.54 Å². The van der Waals surface area contributed by atoms with Gasteiger partial charge in [0, 0.05) is 6.04 Å². The molecule has 74 valence electrons. The van der Waals surface area contributed by atoms with Crippen molar-refractivity contribution in [3.63, 3.8) is 0 Å². The van der Waals surface area contributed by atoms with E-state index in [1.165, 1.54) is 12.1 Å². The summed E-state index contributed by atoms with van der Waals surface area (Å²) in [5.41, 5.74) is 2.03. The fourth-order valence-corrected chi connectivity index (χ4v) is 1.45. The van der Waals surface area contributed by atoms with Crippen LogP contribution in [0.1, 0.15) is 24.1 Å². The summed E-state index contributed by atoms with van der Waals surface area (Å²) in [5.74, 6) is 2.32. The highest BCUT2D eigenvalue weighted by Crippen LogP contribution is 2.17. The topological polar surface area (TPSA) is 12.0 Å². The average Bonchev–Trinajstić information content (AvgIpc) is 2.14. The molecule has 0 saturated carbocycles. The maximum atomic E-state index is 12.8. The molecule has 1 rings (SSSR count). The fourth-order valence-electron chi connectivity index (χ4n) is 1.45. The molecule has 0 aliphatic carbocycles. The number of terminal acetylenes is 1. The van der Waals surface area contributed by atoms with E-state index < -0.39 is 0 Å². The molecule has 0 amide bonds. The Hall–Kier alpha value is -1.33. The van der Waals surface area contributed by atoms with Gasteiger partial charge in [0.2, 0.25) is 0 Å². The van der Waals surface area contributed by atoms with Crippen LogP contribution in [0, 0.1) is 25.1 Å². The molecule has 0 bridgehead atoms. The van der Waals surface area contributed by atoms with Crippen LogP contribution in [0.2, 0.25) is 0 Å². The number of hydrogen-bond acceptors (Lipinski definition) is 1. The van der Waals surface area contributed by atoms with Crippen molar-refractivity contribution in [3.8, 4) is 12.3 Å². The van der Waals surface area contributed by atoms with Gasteiger partial charge >= 0.3 is 0 Å². The Morgan fingerprint density at radius 2 is 2.29 bits per heavy atom. The molecule has 0 spiro atoms. The minimum atomic E-state index is -0.199. The maximum Gasteiger partial charge on any atom is 0.123 e. The number of rotatable bonds is 3. The molecule has 1 N–H and O–H groups in total. The Kier molecular flexibility index (Phi) is 3.67. The van der Waals surface area contributed by atoms with Crippen LogP contribution in [0.5, 0.6) is 0 Å². The third kappa shape index (κ3) is 2.58. The van der Waals surface area contributed by atoms with Gasteiger partial charge in [-0.05, 0) is 37.1 Å². The lowest BCUT2D eigenvalue weighted by atomic mass is 10.0. The summed E-state index contributed by atoms with van der Waals surface area (Å²) in [7, 11) is 0. The average molecular weight is 191 g/mol. The zero-order chi connectivity index (χ0) is 10.6. The normalized spacial score (nSPS) is 12.1. The summed E-state index contributed by atoms with van der Waals surface area (Å²) in [6.45, 7) is 4.43. The van der Waals surface area contributed by atoms with Gasteiger partial charge in [0.05, 0.1) is 6.54 Å². The highest BCUT2D eigenvalue weighted by atomic mass is 19.1. The zero-order valence-electron chi connectivity index (χ0n) is 8.47. The lowest BCUT2D eigenvalue weighted by Crippen LogP contribution is -2.19. The monoisotopic (exact) mass is 191 g/mol. The molecule has 0 heterocycles. The summed E-state index contributed by atoms with van der Waals surface area (Å²) < 4.78 is 12.8.